The maximum Gasteiger partial charge on any atom is 0.339 e. The standard InChI is InChI=1S/C29H26N2O3/c1-18-15-24(19(2)31(18)3)26(32)17-34-29(33)27-22-11-7-8-12-25(22)30-28-21(13-14-23(27)28)16-20-9-5-4-6-10-20/h4-12,15-16H,13-14,17H2,1-3H3. The minimum Gasteiger partial charge on any atom is -0.454 e. The molecule has 0 spiro atoms. The van der Waals surface area contributed by atoms with E-state index in [0.29, 0.717) is 17.5 Å². The maximum absolute atomic E-state index is 13.3. The minimum absolute atomic E-state index is 0.200. The van der Waals surface area contributed by atoms with Gasteiger partial charge in [-0.25, -0.2) is 9.78 Å². The SMILES string of the molecule is Cc1cc(C(=O)COC(=O)c2c3c(nc4ccccc24)C(=Cc2ccccc2)CC3)c(C)n1C. The van der Waals surface area contributed by atoms with Crippen LogP contribution in [0.15, 0.2) is 60.7 Å². The van der Waals surface area contributed by atoms with Gasteiger partial charge in [0.15, 0.2) is 6.61 Å². The van der Waals surface area contributed by atoms with Crippen LogP contribution < -0.4 is 0 Å². The Labute approximate surface area is 198 Å². The molecule has 0 fully saturated rings. The molecule has 0 saturated carbocycles. The van der Waals surface area contributed by atoms with Crippen LogP contribution in [-0.4, -0.2) is 27.9 Å². The van der Waals surface area contributed by atoms with E-state index >= 15 is 0 Å². The molecular formula is C29H26N2O3. The van der Waals surface area contributed by atoms with E-state index in [1.165, 1.54) is 0 Å². The van der Waals surface area contributed by atoms with E-state index in [1.54, 1.807) is 0 Å². The van der Waals surface area contributed by atoms with E-state index in [-0.39, 0.29) is 12.4 Å². The third-order valence-electron chi connectivity index (χ3n) is 6.70. The zero-order valence-electron chi connectivity index (χ0n) is 19.6. The number of pyridine rings is 1. The number of hydrogen-bond donors (Lipinski definition) is 0. The first kappa shape index (κ1) is 21.8. The van der Waals surface area contributed by atoms with Crippen LogP contribution in [0.4, 0.5) is 0 Å². The van der Waals surface area contributed by atoms with Crippen molar-refractivity contribution in [3.63, 3.8) is 0 Å². The van der Waals surface area contributed by atoms with E-state index in [2.05, 4.69) is 18.2 Å². The molecule has 0 atom stereocenters. The third kappa shape index (κ3) is 3.83. The Bertz CT molecular complexity index is 1460. The molecule has 5 nitrogen and oxygen atoms in total. The fourth-order valence-corrected chi connectivity index (χ4v) is 4.68. The van der Waals surface area contributed by atoms with Gasteiger partial charge in [0.25, 0.3) is 0 Å². The van der Waals surface area contributed by atoms with Crippen LogP contribution in [0.3, 0.4) is 0 Å². The van der Waals surface area contributed by atoms with Crippen LogP contribution in [0.5, 0.6) is 0 Å². The second-order valence-electron chi connectivity index (χ2n) is 8.75. The topological polar surface area (TPSA) is 61.2 Å². The molecule has 4 aromatic rings. The number of hydrogen-bond acceptors (Lipinski definition) is 4. The van der Waals surface area contributed by atoms with Crippen molar-refractivity contribution in [1.29, 1.82) is 0 Å². The second kappa shape index (κ2) is 8.75. The number of aryl methyl sites for hydroxylation is 1. The van der Waals surface area contributed by atoms with Crippen LogP contribution >= 0.6 is 0 Å². The Kier molecular flexibility index (Phi) is 5.62. The van der Waals surface area contributed by atoms with Gasteiger partial charge in [-0.2, -0.15) is 0 Å². The van der Waals surface area contributed by atoms with E-state index in [1.807, 2.05) is 74.0 Å². The summed E-state index contributed by atoms with van der Waals surface area (Å²) in [5.41, 5.74) is 7.65. The smallest absolute Gasteiger partial charge is 0.339 e. The third-order valence-corrected chi connectivity index (χ3v) is 6.70. The van der Waals surface area contributed by atoms with E-state index < -0.39 is 5.97 Å². The first-order valence-electron chi connectivity index (χ1n) is 11.4. The summed E-state index contributed by atoms with van der Waals surface area (Å²) in [5, 5.41) is 0.756. The van der Waals surface area contributed by atoms with Gasteiger partial charge < -0.3 is 9.30 Å². The molecule has 0 radical (unpaired) electrons. The monoisotopic (exact) mass is 450 g/mol. The summed E-state index contributed by atoms with van der Waals surface area (Å²) in [6.07, 6.45) is 3.64. The lowest BCUT2D eigenvalue weighted by atomic mass is 10.0. The number of esters is 1. The molecular weight excluding hydrogens is 424 g/mol. The van der Waals surface area contributed by atoms with Crippen molar-refractivity contribution in [3.8, 4) is 0 Å². The lowest BCUT2D eigenvalue weighted by Crippen LogP contribution is -2.17. The summed E-state index contributed by atoms with van der Waals surface area (Å²) in [6.45, 7) is 3.55. The summed E-state index contributed by atoms with van der Waals surface area (Å²) in [4.78, 5) is 31.1. The van der Waals surface area contributed by atoms with E-state index in [9.17, 15) is 9.59 Å². The van der Waals surface area contributed by atoms with Gasteiger partial charge in [0, 0.05) is 29.4 Å². The molecule has 2 heterocycles. The molecule has 2 aromatic carbocycles. The highest BCUT2D eigenvalue weighted by atomic mass is 16.5. The quantitative estimate of drug-likeness (QED) is 0.288. The molecule has 5 rings (SSSR count). The summed E-state index contributed by atoms with van der Waals surface area (Å²) in [7, 11) is 1.92. The van der Waals surface area contributed by atoms with Crippen LogP contribution in [0.1, 0.15) is 55.3 Å². The van der Waals surface area contributed by atoms with Crippen molar-refractivity contribution in [2.45, 2.75) is 26.7 Å². The molecule has 0 aliphatic heterocycles. The zero-order valence-corrected chi connectivity index (χ0v) is 19.6. The summed E-state index contributed by atoms with van der Waals surface area (Å²) in [6, 6.07) is 19.6. The van der Waals surface area contributed by atoms with Crippen molar-refractivity contribution in [3.05, 3.63) is 100.0 Å². The second-order valence-corrected chi connectivity index (χ2v) is 8.75. The highest BCUT2D eigenvalue weighted by Gasteiger charge is 2.28. The number of Topliss-reactive ketones (excluding diaryl/α,β-unsaturated/α-hetero) is 1. The molecule has 0 unspecified atom stereocenters. The van der Waals surface area contributed by atoms with E-state index in [4.69, 9.17) is 9.72 Å². The van der Waals surface area contributed by atoms with E-state index in [0.717, 1.165) is 51.1 Å². The minimum atomic E-state index is -0.477. The number of fused-ring (bicyclic) bond motifs is 2. The fourth-order valence-electron chi connectivity index (χ4n) is 4.68. The van der Waals surface area contributed by atoms with Gasteiger partial charge >= 0.3 is 5.97 Å². The van der Waals surface area contributed by atoms with Crippen LogP contribution in [0.25, 0.3) is 22.6 Å². The number of benzene rings is 2. The normalized spacial score (nSPS) is 13.9. The first-order valence-corrected chi connectivity index (χ1v) is 11.4. The number of carbonyl (C=O) groups is 2. The molecule has 170 valence electrons. The number of carbonyl (C=O) groups excluding carboxylic acids is 2. The zero-order chi connectivity index (χ0) is 23.8. The number of nitrogens with zero attached hydrogens (tertiary/aromatic N) is 2. The summed E-state index contributed by atoms with van der Waals surface area (Å²) < 4.78 is 7.55. The molecule has 0 N–H and O–H groups in total. The van der Waals surface area contributed by atoms with Gasteiger partial charge in [0.05, 0.1) is 16.8 Å². The van der Waals surface area contributed by atoms with Gasteiger partial charge in [0.2, 0.25) is 5.78 Å². The Morgan fingerprint density at radius 1 is 1.03 bits per heavy atom. The average molecular weight is 451 g/mol. The number of para-hydroxylation sites is 1. The highest BCUT2D eigenvalue weighted by molar-refractivity contribution is 6.08. The molecule has 0 saturated heterocycles. The molecule has 1 aliphatic rings. The van der Waals surface area contributed by atoms with Crippen molar-refractivity contribution in [1.82, 2.24) is 9.55 Å². The predicted molar refractivity (Wildman–Crippen MR) is 134 cm³/mol. The van der Waals surface area contributed by atoms with Crippen LogP contribution in [0.2, 0.25) is 0 Å². The number of ether oxygens (including phenoxy) is 1. The molecule has 0 bridgehead atoms. The first-order chi connectivity index (χ1) is 16.4. The largest absolute Gasteiger partial charge is 0.454 e. The average Bonchev–Trinajstić information content (AvgIpc) is 3.36. The molecule has 0 amide bonds. The molecule has 34 heavy (non-hydrogen) atoms. The van der Waals surface area contributed by atoms with Gasteiger partial charge in [-0.05, 0) is 61.6 Å². The number of aromatic nitrogens is 2. The van der Waals surface area contributed by atoms with Gasteiger partial charge in [-0.15, -0.1) is 0 Å². The van der Waals surface area contributed by atoms with Crippen LogP contribution in [0, 0.1) is 13.8 Å². The Hall–Kier alpha value is -3.99. The van der Waals surface area contributed by atoms with Crippen LogP contribution in [-0.2, 0) is 18.2 Å². The number of rotatable bonds is 5. The Morgan fingerprint density at radius 3 is 2.50 bits per heavy atom. The lowest BCUT2D eigenvalue weighted by molar-refractivity contribution is 0.0475. The lowest BCUT2D eigenvalue weighted by Gasteiger charge is -2.12. The predicted octanol–water partition coefficient (Wildman–Crippen LogP) is 5.72. The highest BCUT2D eigenvalue weighted by Crippen LogP contribution is 2.37. The molecule has 2 aromatic heterocycles. The van der Waals surface area contributed by atoms with Crippen molar-refractivity contribution in [2.75, 3.05) is 6.61 Å². The molecule has 1 aliphatic carbocycles. The van der Waals surface area contributed by atoms with Gasteiger partial charge in [0.1, 0.15) is 0 Å². The number of ketones is 1. The Balaban J connectivity index is 1.49. The van der Waals surface area contributed by atoms with Gasteiger partial charge in [-0.1, -0.05) is 48.5 Å². The summed E-state index contributed by atoms with van der Waals surface area (Å²) >= 11 is 0. The van der Waals surface area contributed by atoms with Gasteiger partial charge in [-0.3, -0.25) is 4.79 Å². The number of allylic oxidation sites excluding steroid dienone is 1. The van der Waals surface area contributed by atoms with Crippen molar-refractivity contribution in [2.24, 2.45) is 7.05 Å². The fraction of sp³-hybridized carbons (Fsp3) is 0.207. The van der Waals surface area contributed by atoms with Crippen molar-refractivity contribution < 1.29 is 14.3 Å². The molecule has 5 heteroatoms. The Morgan fingerprint density at radius 2 is 1.76 bits per heavy atom. The maximum atomic E-state index is 13.3. The van der Waals surface area contributed by atoms with Crippen molar-refractivity contribution >= 4 is 34.3 Å². The summed E-state index contributed by atoms with van der Waals surface area (Å²) in [5.74, 6) is -0.677.